The lowest BCUT2D eigenvalue weighted by atomic mass is 10.0. The maximum Gasteiger partial charge on any atom is 0.0732 e. The Bertz CT molecular complexity index is 1200. The first kappa shape index (κ1) is 42.1. The van der Waals surface area contributed by atoms with Gasteiger partial charge >= 0.3 is 0 Å². The monoisotopic (exact) mass is 744 g/mol. The van der Waals surface area contributed by atoms with Crippen LogP contribution in [-0.4, -0.2) is 116 Å². The minimum Gasteiger partial charge on any atom is -0.394 e. The zero-order chi connectivity index (χ0) is 34.6. The van der Waals surface area contributed by atoms with Gasteiger partial charge in [-0.05, 0) is 57.8 Å². The van der Waals surface area contributed by atoms with Gasteiger partial charge in [0, 0.05) is 20.2 Å². The second-order valence-corrected chi connectivity index (χ2v) is 13.8. The van der Waals surface area contributed by atoms with Crippen LogP contribution in [0.4, 0.5) is 0 Å². The van der Waals surface area contributed by atoms with E-state index in [1.165, 1.54) is 62.6 Å². The van der Waals surface area contributed by atoms with Crippen LogP contribution in [0.25, 0.3) is 20.2 Å². The highest BCUT2D eigenvalue weighted by Gasteiger charge is 2.18. The molecule has 3 aromatic rings. The summed E-state index contributed by atoms with van der Waals surface area (Å²) in [6.07, 6.45) is 5.99. The summed E-state index contributed by atoms with van der Waals surface area (Å²) >= 11 is 5.37. The van der Waals surface area contributed by atoms with E-state index in [4.69, 9.17) is 48.1 Å². The van der Waals surface area contributed by atoms with Crippen molar-refractivity contribution in [2.45, 2.75) is 52.2 Å². The summed E-state index contributed by atoms with van der Waals surface area (Å²) in [5, 5.41) is 24.0. The van der Waals surface area contributed by atoms with Gasteiger partial charge in [0.1, 0.15) is 0 Å². The molecule has 0 radical (unpaired) electrons. The highest BCUT2D eigenvalue weighted by atomic mass is 32.1. The van der Waals surface area contributed by atoms with Gasteiger partial charge in [0.2, 0.25) is 0 Å². The summed E-state index contributed by atoms with van der Waals surface area (Å²) in [5.41, 5.74) is 5.11. The van der Waals surface area contributed by atoms with E-state index in [1.807, 2.05) is 11.3 Å². The summed E-state index contributed by atoms with van der Waals surface area (Å²) in [5.74, 6) is 0. The van der Waals surface area contributed by atoms with Crippen molar-refractivity contribution in [2.24, 2.45) is 0 Å². The fraction of sp³-hybridized carbons (Fsp3) is 0.667. The molecule has 0 aliphatic carbocycles. The Morgan fingerprint density at radius 3 is 1.63 bits per heavy atom. The molecule has 0 aliphatic heterocycles. The highest BCUT2D eigenvalue weighted by molar-refractivity contribution is 7.23. The van der Waals surface area contributed by atoms with Crippen LogP contribution in [0.15, 0.2) is 28.3 Å². The Labute approximate surface area is 304 Å². The first-order valence-electron chi connectivity index (χ1n) is 17.4. The van der Waals surface area contributed by atoms with Crippen LogP contribution in [0.2, 0.25) is 0 Å². The maximum atomic E-state index is 8.71. The summed E-state index contributed by atoms with van der Waals surface area (Å²) in [7, 11) is 0. The van der Waals surface area contributed by atoms with Gasteiger partial charge in [-0.25, -0.2) is 0 Å². The summed E-state index contributed by atoms with van der Waals surface area (Å²) < 4.78 is 44.6. The molecule has 13 heteroatoms. The molecule has 2 N–H and O–H groups in total. The van der Waals surface area contributed by atoms with Gasteiger partial charge in [-0.15, -0.1) is 22.7 Å². The normalized spacial score (nSPS) is 11.7. The van der Waals surface area contributed by atoms with Crippen molar-refractivity contribution in [3.63, 3.8) is 0 Å². The van der Waals surface area contributed by atoms with E-state index in [9.17, 15) is 0 Å². The summed E-state index contributed by atoms with van der Waals surface area (Å²) in [6, 6.07) is 4.57. The minimum absolute atomic E-state index is 0.0263. The number of aliphatic hydroxyl groups excluding tert-OH is 2. The molecule has 278 valence electrons. The maximum absolute atomic E-state index is 8.71. The third-order valence-electron chi connectivity index (χ3n) is 7.28. The lowest BCUT2D eigenvalue weighted by Crippen LogP contribution is -2.12. The molecule has 0 atom stereocenters. The first-order chi connectivity index (χ1) is 24.3. The molecule has 0 saturated carbocycles. The molecule has 0 bridgehead atoms. The number of rotatable bonds is 33. The van der Waals surface area contributed by atoms with Gasteiger partial charge in [-0.1, -0.05) is 26.2 Å². The molecule has 10 nitrogen and oxygen atoms in total. The van der Waals surface area contributed by atoms with Gasteiger partial charge < -0.3 is 48.1 Å². The topological polar surface area (TPSA) is 114 Å². The van der Waals surface area contributed by atoms with Crippen LogP contribution in [-0.2, 0) is 57.5 Å². The average molecular weight is 745 g/mol. The van der Waals surface area contributed by atoms with Crippen molar-refractivity contribution >= 4 is 34.0 Å². The Morgan fingerprint density at radius 2 is 1.08 bits per heavy atom. The predicted molar refractivity (Wildman–Crippen MR) is 197 cm³/mol. The van der Waals surface area contributed by atoms with Gasteiger partial charge in [0.25, 0.3) is 0 Å². The highest BCUT2D eigenvalue weighted by Crippen LogP contribution is 2.44. The van der Waals surface area contributed by atoms with Gasteiger partial charge in [0.05, 0.1) is 119 Å². The van der Waals surface area contributed by atoms with E-state index >= 15 is 0 Å². The van der Waals surface area contributed by atoms with Crippen molar-refractivity contribution < 1.29 is 48.1 Å². The molecule has 0 aromatic carbocycles. The van der Waals surface area contributed by atoms with Gasteiger partial charge in [0.15, 0.2) is 0 Å². The molecular formula is C36H56O10S3. The second-order valence-electron chi connectivity index (χ2n) is 11.1. The SMILES string of the molecule is CCCCCCc1cc(-c2sccc2COCCOCCOCCOCCO)sc1-c1cscc1COCCOCCOCCOCCO. The van der Waals surface area contributed by atoms with E-state index in [1.54, 1.807) is 22.7 Å². The number of ether oxygens (including phenoxy) is 8. The lowest BCUT2D eigenvalue weighted by molar-refractivity contribution is -0.00737. The molecule has 0 saturated heterocycles. The predicted octanol–water partition coefficient (Wildman–Crippen LogP) is 6.45. The van der Waals surface area contributed by atoms with Crippen LogP contribution >= 0.6 is 34.0 Å². The first-order valence-corrected chi connectivity index (χ1v) is 20.0. The number of aliphatic hydroxyl groups is 2. The van der Waals surface area contributed by atoms with Crippen molar-refractivity contribution in [1.82, 2.24) is 0 Å². The molecule has 0 amide bonds. The number of aryl methyl sites for hydroxylation is 1. The van der Waals surface area contributed by atoms with Crippen LogP contribution in [0.1, 0.15) is 49.3 Å². The number of thiophene rings is 3. The third-order valence-corrected chi connectivity index (χ3v) is 10.4. The van der Waals surface area contributed by atoms with Crippen LogP contribution < -0.4 is 0 Å². The van der Waals surface area contributed by atoms with Gasteiger partial charge in [-0.3, -0.25) is 0 Å². The standard InChI is InChI=1S/C36H56O10S3/c1-2-3-4-5-6-30-25-34(36-31(7-24-48-36)26-45-22-20-43-18-16-41-14-12-39-10-8-37)49-35(30)33-29-47-28-32(33)27-46-23-21-44-19-17-42-15-13-40-11-9-38/h7,24-25,28-29,37-38H,2-6,8-23,26-27H2,1H3. The van der Waals surface area contributed by atoms with Crippen LogP contribution in [0.5, 0.6) is 0 Å². The Balaban J connectivity index is 1.47. The van der Waals surface area contributed by atoms with Crippen LogP contribution in [0, 0.1) is 0 Å². The zero-order valence-electron chi connectivity index (χ0n) is 29.0. The molecule has 3 heterocycles. The fourth-order valence-corrected chi connectivity index (χ4v) is 8.04. The molecule has 49 heavy (non-hydrogen) atoms. The van der Waals surface area contributed by atoms with E-state index in [2.05, 4.69) is 35.2 Å². The molecule has 0 aliphatic rings. The number of unbranched alkanes of at least 4 members (excludes halogenated alkanes) is 3. The van der Waals surface area contributed by atoms with Crippen molar-refractivity contribution in [2.75, 3.05) is 106 Å². The van der Waals surface area contributed by atoms with Gasteiger partial charge in [-0.2, -0.15) is 11.3 Å². The fourth-order valence-electron chi connectivity index (χ4n) is 4.81. The number of hydrogen-bond acceptors (Lipinski definition) is 13. The smallest absolute Gasteiger partial charge is 0.0732 e. The zero-order valence-corrected chi connectivity index (χ0v) is 31.5. The van der Waals surface area contributed by atoms with Crippen molar-refractivity contribution in [3.05, 3.63) is 45.0 Å². The van der Waals surface area contributed by atoms with Crippen LogP contribution in [0.3, 0.4) is 0 Å². The lowest BCUT2D eigenvalue weighted by Gasteiger charge is -2.09. The van der Waals surface area contributed by atoms with E-state index in [0.29, 0.717) is 106 Å². The quantitative estimate of drug-likeness (QED) is 0.0676. The molecular weight excluding hydrogens is 689 g/mol. The summed E-state index contributed by atoms with van der Waals surface area (Å²) in [6.45, 7) is 10.1. The molecule has 0 unspecified atom stereocenters. The van der Waals surface area contributed by atoms with E-state index < -0.39 is 0 Å². The minimum atomic E-state index is 0.0263. The molecule has 3 rings (SSSR count). The molecule has 0 fully saturated rings. The van der Waals surface area contributed by atoms with E-state index in [0.717, 1.165) is 6.42 Å². The average Bonchev–Trinajstić information content (AvgIpc) is 3.88. The largest absolute Gasteiger partial charge is 0.394 e. The molecule has 3 aromatic heterocycles. The Hall–Kier alpha value is -1.30. The third kappa shape index (κ3) is 17.7. The summed E-state index contributed by atoms with van der Waals surface area (Å²) in [4.78, 5) is 3.91. The van der Waals surface area contributed by atoms with Crippen molar-refractivity contribution in [3.8, 4) is 20.2 Å². The Kier molecular flexibility index (Phi) is 24.3. The number of hydrogen-bond donors (Lipinski definition) is 2. The Morgan fingerprint density at radius 1 is 0.551 bits per heavy atom. The van der Waals surface area contributed by atoms with Crippen molar-refractivity contribution in [1.29, 1.82) is 0 Å². The van der Waals surface area contributed by atoms with E-state index in [-0.39, 0.29) is 13.2 Å². The second kappa shape index (κ2) is 28.3. The molecule has 0 spiro atoms.